The number of hydrogen-bond donors (Lipinski definition) is 0. The van der Waals surface area contributed by atoms with E-state index in [2.05, 4.69) is 9.72 Å². The van der Waals surface area contributed by atoms with Crippen LogP contribution in [0, 0.1) is 18.6 Å². The van der Waals surface area contributed by atoms with Gasteiger partial charge in [0.05, 0.1) is 19.8 Å². The summed E-state index contributed by atoms with van der Waals surface area (Å²) in [4.78, 5) is 17.2. The molecular weight excluding hydrogens is 413 g/mol. The summed E-state index contributed by atoms with van der Waals surface area (Å²) in [6.45, 7) is 4.27. The lowest BCUT2D eigenvalue weighted by atomic mass is 9.95. The van der Waals surface area contributed by atoms with Gasteiger partial charge in [0.1, 0.15) is 19.8 Å². The van der Waals surface area contributed by atoms with E-state index < -0.39 is 11.6 Å². The van der Waals surface area contributed by atoms with Gasteiger partial charge in [0.25, 0.3) is 0 Å². The molecule has 8 heteroatoms. The summed E-state index contributed by atoms with van der Waals surface area (Å²) in [5, 5.41) is 0. The molecule has 2 aromatic carbocycles. The molecule has 166 valence electrons. The number of nitrogens with zero attached hydrogens (tertiary/aromatic N) is 2. The van der Waals surface area contributed by atoms with Crippen LogP contribution in [0.5, 0.6) is 5.75 Å². The zero-order chi connectivity index (χ0) is 23.3. The molecule has 2 radical (unpaired) electrons. The van der Waals surface area contributed by atoms with Crippen LogP contribution in [-0.2, 0) is 11.3 Å². The molecule has 1 aliphatic heterocycles. The first-order chi connectivity index (χ1) is 15.3. The van der Waals surface area contributed by atoms with Gasteiger partial charge in [-0.25, -0.2) is 9.37 Å². The van der Waals surface area contributed by atoms with Crippen molar-refractivity contribution in [2.24, 2.45) is 0 Å². The molecule has 1 fully saturated rings. The van der Waals surface area contributed by atoms with E-state index in [9.17, 15) is 13.6 Å². The summed E-state index contributed by atoms with van der Waals surface area (Å²) in [6.07, 6.45) is 1.93. The molecule has 0 amide bonds. The van der Waals surface area contributed by atoms with E-state index in [-0.39, 0.29) is 29.0 Å². The molecular formula is C24H25BF2N2O3. The highest BCUT2D eigenvalue weighted by Gasteiger charge is 2.28. The van der Waals surface area contributed by atoms with Crippen LogP contribution in [0.1, 0.15) is 43.0 Å². The molecule has 0 saturated carbocycles. The predicted octanol–water partition coefficient (Wildman–Crippen LogP) is 3.61. The van der Waals surface area contributed by atoms with Crippen molar-refractivity contribution >= 4 is 13.3 Å². The average molecular weight is 438 g/mol. The highest BCUT2D eigenvalue weighted by atomic mass is 19.2. The van der Waals surface area contributed by atoms with Crippen molar-refractivity contribution in [1.82, 2.24) is 9.55 Å². The van der Waals surface area contributed by atoms with Crippen LogP contribution in [0.2, 0.25) is 0 Å². The van der Waals surface area contributed by atoms with Crippen molar-refractivity contribution in [3.63, 3.8) is 0 Å². The monoisotopic (exact) mass is 438 g/mol. The summed E-state index contributed by atoms with van der Waals surface area (Å²) in [5.41, 5.74) is 1.65. The molecule has 3 aromatic rings. The van der Waals surface area contributed by atoms with Gasteiger partial charge in [-0.15, -0.1) is 0 Å². The van der Waals surface area contributed by atoms with Crippen molar-refractivity contribution < 1.29 is 18.3 Å². The quantitative estimate of drug-likeness (QED) is 0.585. The van der Waals surface area contributed by atoms with Gasteiger partial charge in [-0.3, -0.25) is 9.36 Å². The molecule has 1 saturated heterocycles. The van der Waals surface area contributed by atoms with Crippen molar-refractivity contribution in [2.75, 3.05) is 7.11 Å². The van der Waals surface area contributed by atoms with Gasteiger partial charge in [-0.2, -0.15) is 4.39 Å². The molecule has 32 heavy (non-hydrogen) atoms. The molecule has 2 heterocycles. The number of benzene rings is 2. The number of hydrogen-bond acceptors (Lipinski definition) is 4. The molecule has 5 nitrogen and oxygen atoms in total. The average Bonchev–Trinajstić information content (AvgIpc) is 3.23. The predicted molar refractivity (Wildman–Crippen MR) is 120 cm³/mol. The highest BCUT2D eigenvalue weighted by Crippen LogP contribution is 2.31. The van der Waals surface area contributed by atoms with E-state index in [0.29, 0.717) is 18.1 Å². The van der Waals surface area contributed by atoms with E-state index in [1.165, 1.54) is 19.2 Å². The summed E-state index contributed by atoms with van der Waals surface area (Å²) in [5.74, 6) is -1.21. The van der Waals surface area contributed by atoms with E-state index in [4.69, 9.17) is 12.6 Å². The van der Waals surface area contributed by atoms with E-state index in [1.807, 2.05) is 37.3 Å². The minimum atomic E-state index is -0.940. The highest BCUT2D eigenvalue weighted by molar-refractivity contribution is 6.32. The Morgan fingerprint density at radius 1 is 1.16 bits per heavy atom. The maximum Gasteiger partial charge on any atom is 0.246 e. The van der Waals surface area contributed by atoms with Crippen LogP contribution in [0.3, 0.4) is 0 Å². The van der Waals surface area contributed by atoms with Crippen LogP contribution >= 0.6 is 0 Å². The van der Waals surface area contributed by atoms with Gasteiger partial charge in [-0.05, 0) is 49.8 Å². The van der Waals surface area contributed by atoms with Crippen LogP contribution in [0.4, 0.5) is 8.78 Å². The first-order valence-corrected chi connectivity index (χ1v) is 10.4. The van der Waals surface area contributed by atoms with Crippen molar-refractivity contribution in [1.29, 1.82) is 0 Å². The zero-order valence-electron chi connectivity index (χ0n) is 18.3. The fourth-order valence-electron chi connectivity index (χ4n) is 3.50. The van der Waals surface area contributed by atoms with E-state index in [0.717, 1.165) is 24.5 Å². The maximum absolute atomic E-state index is 12.6. The lowest BCUT2D eigenvalue weighted by molar-refractivity contribution is 0.0473. The van der Waals surface area contributed by atoms with Crippen LogP contribution in [0.15, 0.2) is 53.3 Å². The summed E-state index contributed by atoms with van der Waals surface area (Å²) >= 11 is 0. The SMILES string of the molecule is COc1cccc(F)c1F.[B]c1c(C)nc(C2CCC(C)O2)n(Cc2ccccc2)c1=O. The number of halogens is 2. The smallest absolute Gasteiger partial charge is 0.246 e. The van der Waals surface area contributed by atoms with Gasteiger partial charge < -0.3 is 9.47 Å². The third-order valence-corrected chi connectivity index (χ3v) is 5.26. The largest absolute Gasteiger partial charge is 0.494 e. The molecule has 2 unspecified atom stereocenters. The Hall–Kier alpha value is -3.00. The summed E-state index contributed by atoms with van der Waals surface area (Å²) in [7, 11) is 7.18. The van der Waals surface area contributed by atoms with Crippen molar-refractivity contribution in [3.8, 4) is 5.75 Å². The number of ether oxygens (including phenoxy) is 2. The van der Waals surface area contributed by atoms with Crippen LogP contribution in [-0.4, -0.2) is 30.6 Å². The minimum absolute atomic E-state index is 0.0694. The number of methoxy groups -OCH3 is 1. The van der Waals surface area contributed by atoms with E-state index in [1.54, 1.807) is 11.5 Å². The second-order valence-electron chi connectivity index (χ2n) is 7.61. The number of aryl methyl sites for hydroxylation is 1. The Balaban J connectivity index is 0.000000243. The standard InChI is InChI=1S/C17H19BN2O2.C7H6F2O/c1-11-8-9-14(22-11)16-19-12(2)15(18)17(21)20(16)10-13-6-4-3-5-7-13;1-10-6-4-2-3-5(8)7(6)9/h3-7,11,14H,8-10H2,1-2H3;2-4H,1H3. The summed E-state index contributed by atoms with van der Waals surface area (Å²) in [6, 6.07) is 13.6. The van der Waals surface area contributed by atoms with Crippen LogP contribution < -0.4 is 15.8 Å². The minimum Gasteiger partial charge on any atom is -0.494 e. The van der Waals surface area contributed by atoms with Crippen LogP contribution in [0.25, 0.3) is 0 Å². The third kappa shape index (κ3) is 5.43. The van der Waals surface area contributed by atoms with Gasteiger partial charge in [0.15, 0.2) is 11.6 Å². The van der Waals surface area contributed by atoms with Crippen molar-refractivity contribution in [2.45, 2.75) is 45.4 Å². The Kier molecular flexibility index (Phi) is 7.80. The lowest BCUT2D eigenvalue weighted by Crippen LogP contribution is -2.40. The van der Waals surface area contributed by atoms with Gasteiger partial charge >= 0.3 is 0 Å². The topological polar surface area (TPSA) is 53.4 Å². The number of rotatable bonds is 4. The third-order valence-electron chi connectivity index (χ3n) is 5.26. The molecule has 0 spiro atoms. The Morgan fingerprint density at radius 3 is 2.47 bits per heavy atom. The molecule has 0 N–H and O–H groups in total. The van der Waals surface area contributed by atoms with E-state index >= 15 is 0 Å². The normalized spacial score (nSPS) is 17.5. The first-order valence-electron chi connectivity index (χ1n) is 10.4. The molecule has 0 aliphatic carbocycles. The first kappa shape index (κ1) is 23.7. The lowest BCUT2D eigenvalue weighted by Gasteiger charge is -2.19. The molecule has 2 atom stereocenters. The second kappa shape index (κ2) is 10.5. The fraction of sp³-hybridized carbons (Fsp3) is 0.333. The molecule has 1 aromatic heterocycles. The second-order valence-corrected chi connectivity index (χ2v) is 7.61. The zero-order valence-corrected chi connectivity index (χ0v) is 18.3. The fourth-order valence-corrected chi connectivity index (χ4v) is 3.50. The Morgan fingerprint density at radius 2 is 1.88 bits per heavy atom. The van der Waals surface area contributed by atoms with Gasteiger partial charge in [0.2, 0.25) is 11.4 Å². The van der Waals surface area contributed by atoms with Gasteiger partial charge in [-0.1, -0.05) is 36.4 Å². The molecule has 1 aliphatic rings. The maximum atomic E-state index is 12.6. The Bertz CT molecular complexity index is 1120. The van der Waals surface area contributed by atoms with Crippen molar-refractivity contribution in [3.05, 3.63) is 87.6 Å². The Labute approximate surface area is 187 Å². The molecule has 0 bridgehead atoms. The van der Waals surface area contributed by atoms with Gasteiger partial charge in [0, 0.05) is 5.69 Å². The molecule has 4 rings (SSSR count). The summed E-state index contributed by atoms with van der Waals surface area (Å²) < 4.78 is 36.9. The number of aromatic nitrogens is 2.